The molecule has 1 atom stereocenters. The van der Waals surface area contributed by atoms with Crippen molar-refractivity contribution in [2.45, 2.75) is 58.5 Å². The Kier molecular flexibility index (Phi) is 4.57. The van der Waals surface area contributed by atoms with Gasteiger partial charge in [-0.3, -0.25) is 4.79 Å². The fraction of sp³-hybridized carbons (Fsp3) is 0.542. The van der Waals surface area contributed by atoms with Crippen molar-refractivity contribution in [3.05, 3.63) is 35.2 Å². The SMILES string of the molecule is Cc1oc2ncnc(NC3(C)CC3)c2c1C(=O)N1CCc2c(ncnc2N2CC[C@H](C)C2)C1. The summed E-state index contributed by atoms with van der Waals surface area (Å²) < 4.78 is 5.88. The molecule has 5 heterocycles. The molecule has 33 heavy (non-hydrogen) atoms. The first-order valence-corrected chi connectivity index (χ1v) is 11.8. The number of hydrogen-bond acceptors (Lipinski definition) is 8. The molecule has 6 rings (SSSR count). The van der Waals surface area contributed by atoms with Crippen LogP contribution in [0.3, 0.4) is 0 Å². The maximum absolute atomic E-state index is 13.8. The zero-order valence-corrected chi connectivity index (χ0v) is 19.4. The summed E-state index contributed by atoms with van der Waals surface area (Å²) in [6.45, 7) is 9.41. The lowest BCUT2D eigenvalue weighted by Gasteiger charge is -2.31. The molecule has 9 nitrogen and oxygen atoms in total. The lowest BCUT2D eigenvalue weighted by Crippen LogP contribution is -2.38. The van der Waals surface area contributed by atoms with E-state index in [0.29, 0.717) is 47.2 Å². The van der Waals surface area contributed by atoms with Crippen molar-refractivity contribution in [3.63, 3.8) is 0 Å². The second-order valence-electron chi connectivity index (χ2n) is 10.1. The third-order valence-corrected chi connectivity index (χ3v) is 7.29. The van der Waals surface area contributed by atoms with Gasteiger partial charge in [-0.05, 0) is 45.4 Å². The first-order valence-electron chi connectivity index (χ1n) is 11.8. The van der Waals surface area contributed by atoms with E-state index in [1.165, 1.54) is 18.3 Å². The highest BCUT2D eigenvalue weighted by Crippen LogP contribution is 2.40. The number of amides is 1. The van der Waals surface area contributed by atoms with Crippen molar-refractivity contribution in [2.75, 3.05) is 29.9 Å². The van der Waals surface area contributed by atoms with Gasteiger partial charge in [-0.25, -0.2) is 19.9 Å². The van der Waals surface area contributed by atoms with E-state index < -0.39 is 0 Å². The summed E-state index contributed by atoms with van der Waals surface area (Å²) in [6.07, 6.45) is 7.22. The topological polar surface area (TPSA) is 100 Å². The van der Waals surface area contributed by atoms with E-state index in [1.807, 2.05) is 11.8 Å². The Morgan fingerprint density at radius 2 is 2.00 bits per heavy atom. The molecule has 9 heteroatoms. The first-order chi connectivity index (χ1) is 15.9. The third-order valence-electron chi connectivity index (χ3n) is 7.29. The van der Waals surface area contributed by atoms with E-state index in [4.69, 9.17) is 4.42 Å². The number of rotatable bonds is 4. The zero-order chi connectivity index (χ0) is 22.7. The summed E-state index contributed by atoms with van der Waals surface area (Å²) in [5, 5.41) is 4.17. The maximum Gasteiger partial charge on any atom is 0.258 e. The van der Waals surface area contributed by atoms with Gasteiger partial charge in [0.25, 0.3) is 5.91 Å². The van der Waals surface area contributed by atoms with E-state index in [2.05, 4.69) is 44.0 Å². The van der Waals surface area contributed by atoms with Crippen LogP contribution in [0.15, 0.2) is 17.1 Å². The van der Waals surface area contributed by atoms with Crippen LogP contribution in [-0.4, -0.2) is 55.9 Å². The van der Waals surface area contributed by atoms with Crippen LogP contribution >= 0.6 is 0 Å². The monoisotopic (exact) mass is 447 g/mol. The summed E-state index contributed by atoms with van der Waals surface area (Å²) in [4.78, 5) is 35.9. The molecular weight excluding hydrogens is 418 g/mol. The fourth-order valence-electron chi connectivity index (χ4n) is 5.06. The van der Waals surface area contributed by atoms with Gasteiger partial charge in [-0.2, -0.15) is 0 Å². The predicted octanol–water partition coefficient (Wildman–Crippen LogP) is 3.33. The molecule has 3 aromatic rings. The summed E-state index contributed by atoms with van der Waals surface area (Å²) in [7, 11) is 0. The van der Waals surface area contributed by atoms with Crippen molar-refractivity contribution in [1.29, 1.82) is 0 Å². The van der Waals surface area contributed by atoms with Gasteiger partial charge >= 0.3 is 0 Å². The highest BCUT2D eigenvalue weighted by atomic mass is 16.3. The molecule has 2 fully saturated rings. The zero-order valence-electron chi connectivity index (χ0n) is 19.4. The van der Waals surface area contributed by atoms with Crippen LogP contribution in [0.2, 0.25) is 0 Å². The Balaban J connectivity index is 1.32. The molecule has 0 aromatic carbocycles. The van der Waals surface area contributed by atoms with Gasteiger partial charge in [0.1, 0.15) is 30.1 Å². The highest BCUT2D eigenvalue weighted by Gasteiger charge is 2.39. The number of nitrogens with one attached hydrogen (secondary N) is 1. The van der Waals surface area contributed by atoms with E-state index in [9.17, 15) is 4.79 Å². The molecule has 2 aliphatic heterocycles. The molecule has 1 amide bonds. The van der Waals surface area contributed by atoms with Crippen molar-refractivity contribution >= 4 is 28.6 Å². The van der Waals surface area contributed by atoms with Crippen molar-refractivity contribution in [1.82, 2.24) is 24.8 Å². The van der Waals surface area contributed by atoms with Gasteiger partial charge in [0.05, 0.1) is 23.2 Å². The molecule has 1 saturated carbocycles. The van der Waals surface area contributed by atoms with Gasteiger partial charge in [-0.15, -0.1) is 0 Å². The highest BCUT2D eigenvalue weighted by molar-refractivity contribution is 6.10. The molecule has 3 aliphatic rings. The minimum Gasteiger partial charge on any atom is -0.442 e. The number of hydrogen-bond donors (Lipinski definition) is 1. The van der Waals surface area contributed by atoms with Crippen molar-refractivity contribution < 1.29 is 9.21 Å². The van der Waals surface area contributed by atoms with E-state index >= 15 is 0 Å². The Labute approximate surface area is 192 Å². The van der Waals surface area contributed by atoms with Gasteiger partial charge in [-0.1, -0.05) is 6.92 Å². The van der Waals surface area contributed by atoms with Crippen molar-refractivity contribution in [3.8, 4) is 0 Å². The Hall–Kier alpha value is -3.23. The quantitative estimate of drug-likeness (QED) is 0.650. The molecule has 3 aromatic heterocycles. The molecule has 1 N–H and O–H groups in total. The molecule has 0 unspecified atom stereocenters. The largest absolute Gasteiger partial charge is 0.442 e. The molecule has 0 bridgehead atoms. The van der Waals surface area contributed by atoms with Crippen LogP contribution in [0, 0.1) is 12.8 Å². The van der Waals surface area contributed by atoms with Crippen LogP contribution in [0.4, 0.5) is 11.6 Å². The number of carbonyl (C=O) groups is 1. The standard InChI is InChI=1S/C24H29N7O2/c1-14-4-8-30(10-14)21-16-5-9-31(11-17(16)25-12-27-21)23(32)18-15(2)33-22-19(18)20(26-13-28-22)29-24(3)6-7-24/h12-14H,4-11H2,1-3H3,(H,26,28,29)/t14-/m0/s1. The van der Waals surface area contributed by atoms with E-state index in [1.54, 1.807) is 6.33 Å². The number of aryl methyl sites for hydroxylation is 1. The van der Waals surface area contributed by atoms with Gasteiger partial charge in [0.15, 0.2) is 0 Å². The van der Waals surface area contributed by atoms with Gasteiger partial charge < -0.3 is 19.5 Å². The van der Waals surface area contributed by atoms with Crippen LogP contribution in [0.5, 0.6) is 0 Å². The average molecular weight is 448 g/mol. The summed E-state index contributed by atoms with van der Waals surface area (Å²) >= 11 is 0. The Morgan fingerprint density at radius 3 is 2.76 bits per heavy atom. The number of fused-ring (bicyclic) bond motifs is 2. The maximum atomic E-state index is 13.8. The Bertz CT molecular complexity index is 1250. The number of carbonyl (C=O) groups excluding carboxylic acids is 1. The summed E-state index contributed by atoms with van der Waals surface area (Å²) in [6, 6.07) is 0. The van der Waals surface area contributed by atoms with E-state index in [0.717, 1.165) is 43.9 Å². The first kappa shape index (κ1) is 20.4. The molecule has 0 radical (unpaired) electrons. The van der Waals surface area contributed by atoms with Crippen LogP contribution < -0.4 is 10.2 Å². The number of nitrogens with zero attached hydrogens (tertiary/aromatic N) is 6. The fourth-order valence-corrected chi connectivity index (χ4v) is 5.06. The number of anilines is 2. The van der Waals surface area contributed by atoms with Gasteiger partial charge in [0, 0.05) is 30.7 Å². The second-order valence-corrected chi connectivity index (χ2v) is 10.1. The molecular formula is C24H29N7O2. The average Bonchev–Trinajstić information content (AvgIpc) is 3.21. The smallest absolute Gasteiger partial charge is 0.258 e. The molecule has 0 spiro atoms. The van der Waals surface area contributed by atoms with Crippen LogP contribution in [-0.2, 0) is 13.0 Å². The van der Waals surface area contributed by atoms with Crippen molar-refractivity contribution in [2.24, 2.45) is 5.92 Å². The third kappa shape index (κ3) is 3.50. The minimum atomic E-state index is -0.0642. The molecule has 1 aliphatic carbocycles. The normalized spacial score (nSPS) is 21.4. The summed E-state index contributed by atoms with van der Waals surface area (Å²) in [5.41, 5.74) is 3.13. The Morgan fingerprint density at radius 1 is 1.18 bits per heavy atom. The molecule has 172 valence electrons. The van der Waals surface area contributed by atoms with Gasteiger partial charge in [0.2, 0.25) is 5.71 Å². The molecule has 1 saturated heterocycles. The number of aromatic nitrogens is 4. The second kappa shape index (κ2) is 7.40. The van der Waals surface area contributed by atoms with E-state index in [-0.39, 0.29) is 11.4 Å². The van der Waals surface area contributed by atoms with Crippen LogP contribution in [0.25, 0.3) is 11.1 Å². The lowest BCUT2D eigenvalue weighted by atomic mass is 10.0. The minimum absolute atomic E-state index is 0.0250. The lowest BCUT2D eigenvalue weighted by molar-refractivity contribution is 0.0731. The summed E-state index contributed by atoms with van der Waals surface area (Å²) in [5.74, 6) is 2.90. The predicted molar refractivity (Wildman–Crippen MR) is 124 cm³/mol. The number of furan rings is 1. The van der Waals surface area contributed by atoms with Crippen LogP contribution in [0.1, 0.15) is 60.5 Å².